The highest BCUT2D eigenvalue weighted by atomic mass is 35.5. The lowest BCUT2D eigenvalue weighted by atomic mass is 10.1. The topological polar surface area (TPSA) is 45.2 Å². The second-order valence-corrected chi connectivity index (χ2v) is 5.74. The molecule has 0 aliphatic carbocycles. The molecular weight excluding hydrogens is 268 g/mol. The zero-order valence-corrected chi connectivity index (χ0v) is 11.6. The highest BCUT2D eigenvalue weighted by Gasteiger charge is 2.10. The predicted molar refractivity (Wildman–Crippen MR) is 75.0 cm³/mol. The van der Waals surface area contributed by atoms with Gasteiger partial charge in [0.1, 0.15) is 0 Å². The number of rotatable bonds is 5. The van der Waals surface area contributed by atoms with Gasteiger partial charge in [0.2, 0.25) is 0 Å². The number of halogens is 1. The summed E-state index contributed by atoms with van der Waals surface area (Å²) in [4.78, 5) is 5.35. The molecule has 1 aromatic carbocycles. The standard InChI is InChI=1S/C13H15ClN2OS/c1-9-16-7-10(18-9)6-15-8-13(17)11-4-2-3-5-12(11)14/h2-5,7,13,15,17H,6,8H2,1H3. The van der Waals surface area contributed by atoms with E-state index >= 15 is 0 Å². The van der Waals surface area contributed by atoms with Crippen LogP contribution in [0.2, 0.25) is 5.02 Å². The average Bonchev–Trinajstić information content (AvgIpc) is 2.75. The van der Waals surface area contributed by atoms with Crippen molar-refractivity contribution in [1.29, 1.82) is 0 Å². The quantitative estimate of drug-likeness (QED) is 0.886. The van der Waals surface area contributed by atoms with Gasteiger partial charge >= 0.3 is 0 Å². The number of thiazole rings is 1. The number of hydrogen-bond donors (Lipinski definition) is 2. The molecular formula is C13H15ClN2OS. The van der Waals surface area contributed by atoms with E-state index in [2.05, 4.69) is 10.3 Å². The Labute approximate surface area is 115 Å². The molecule has 18 heavy (non-hydrogen) atoms. The van der Waals surface area contributed by atoms with Gasteiger partial charge in [-0.25, -0.2) is 4.98 Å². The van der Waals surface area contributed by atoms with Gasteiger partial charge in [-0.15, -0.1) is 11.3 Å². The van der Waals surface area contributed by atoms with Gasteiger partial charge in [0.05, 0.1) is 11.1 Å². The van der Waals surface area contributed by atoms with E-state index in [4.69, 9.17) is 11.6 Å². The third-order valence-corrected chi connectivity index (χ3v) is 3.83. The molecule has 0 aliphatic rings. The number of aliphatic hydroxyl groups is 1. The van der Waals surface area contributed by atoms with E-state index < -0.39 is 6.10 Å². The first-order valence-corrected chi connectivity index (χ1v) is 6.91. The molecule has 3 nitrogen and oxygen atoms in total. The molecule has 1 atom stereocenters. The number of aryl methyl sites for hydroxylation is 1. The van der Waals surface area contributed by atoms with Crippen LogP contribution >= 0.6 is 22.9 Å². The van der Waals surface area contributed by atoms with Gasteiger partial charge in [-0.1, -0.05) is 29.8 Å². The fourth-order valence-corrected chi connectivity index (χ4v) is 2.70. The summed E-state index contributed by atoms with van der Waals surface area (Å²) in [5.74, 6) is 0. The molecule has 0 amide bonds. The molecule has 2 N–H and O–H groups in total. The normalized spacial score (nSPS) is 12.6. The molecule has 2 rings (SSSR count). The Hall–Kier alpha value is -0.940. The molecule has 96 valence electrons. The molecule has 5 heteroatoms. The van der Waals surface area contributed by atoms with Crippen LogP contribution in [0.25, 0.3) is 0 Å². The molecule has 0 saturated heterocycles. The lowest BCUT2D eigenvalue weighted by Gasteiger charge is -2.13. The molecule has 1 heterocycles. The molecule has 0 aliphatic heterocycles. The van der Waals surface area contributed by atoms with E-state index in [1.54, 1.807) is 17.4 Å². The number of aliphatic hydroxyl groups excluding tert-OH is 1. The van der Waals surface area contributed by atoms with Crippen LogP contribution < -0.4 is 5.32 Å². The number of aromatic nitrogens is 1. The first kappa shape index (κ1) is 13.5. The zero-order valence-electron chi connectivity index (χ0n) is 10.1. The predicted octanol–water partition coefficient (Wildman–Crippen LogP) is 2.93. The van der Waals surface area contributed by atoms with E-state index in [-0.39, 0.29) is 0 Å². The van der Waals surface area contributed by atoms with Gasteiger partial charge in [-0.2, -0.15) is 0 Å². The van der Waals surface area contributed by atoms with Gasteiger partial charge < -0.3 is 10.4 Å². The third kappa shape index (κ3) is 3.53. The van der Waals surface area contributed by atoms with Gasteiger partial charge in [0.15, 0.2) is 0 Å². The van der Waals surface area contributed by atoms with Crippen LogP contribution in [0.5, 0.6) is 0 Å². The summed E-state index contributed by atoms with van der Waals surface area (Å²) in [6.45, 7) is 3.17. The van der Waals surface area contributed by atoms with Crippen molar-refractivity contribution in [1.82, 2.24) is 10.3 Å². The monoisotopic (exact) mass is 282 g/mol. The van der Waals surface area contributed by atoms with Crippen molar-refractivity contribution in [3.63, 3.8) is 0 Å². The summed E-state index contributed by atoms with van der Waals surface area (Å²) in [6, 6.07) is 7.35. The first-order chi connectivity index (χ1) is 8.66. The maximum absolute atomic E-state index is 10.0. The summed E-state index contributed by atoms with van der Waals surface area (Å²) in [5.41, 5.74) is 0.757. The van der Waals surface area contributed by atoms with Crippen LogP contribution in [-0.4, -0.2) is 16.6 Å². The first-order valence-electron chi connectivity index (χ1n) is 5.71. The Morgan fingerprint density at radius 3 is 2.89 bits per heavy atom. The molecule has 0 spiro atoms. The highest BCUT2D eigenvalue weighted by molar-refractivity contribution is 7.11. The highest BCUT2D eigenvalue weighted by Crippen LogP contribution is 2.22. The largest absolute Gasteiger partial charge is 0.387 e. The number of nitrogens with one attached hydrogen (secondary N) is 1. The Morgan fingerprint density at radius 1 is 1.44 bits per heavy atom. The smallest absolute Gasteiger partial charge is 0.0928 e. The third-order valence-electron chi connectivity index (χ3n) is 2.57. The summed E-state index contributed by atoms with van der Waals surface area (Å²) < 4.78 is 0. The Kier molecular flexibility index (Phi) is 4.72. The summed E-state index contributed by atoms with van der Waals surface area (Å²) in [6.07, 6.45) is 1.27. The van der Waals surface area contributed by atoms with Crippen molar-refractivity contribution >= 4 is 22.9 Å². The molecule has 0 bridgehead atoms. The van der Waals surface area contributed by atoms with Gasteiger partial charge in [-0.05, 0) is 13.0 Å². The van der Waals surface area contributed by atoms with E-state index in [9.17, 15) is 5.11 Å². The van der Waals surface area contributed by atoms with Crippen LogP contribution in [-0.2, 0) is 6.54 Å². The molecule has 0 radical (unpaired) electrons. The van der Waals surface area contributed by atoms with Crippen LogP contribution in [0.1, 0.15) is 21.6 Å². The molecule has 1 aromatic heterocycles. The fraction of sp³-hybridized carbons (Fsp3) is 0.308. The van der Waals surface area contributed by atoms with E-state index in [1.807, 2.05) is 31.3 Å². The number of hydrogen-bond acceptors (Lipinski definition) is 4. The molecule has 0 saturated carbocycles. The van der Waals surface area contributed by atoms with Crippen LogP contribution in [0.3, 0.4) is 0 Å². The minimum absolute atomic E-state index is 0.473. The van der Waals surface area contributed by atoms with Crippen molar-refractivity contribution in [2.45, 2.75) is 19.6 Å². The van der Waals surface area contributed by atoms with E-state index in [1.165, 1.54) is 4.88 Å². The van der Waals surface area contributed by atoms with Crippen molar-refractivity contribution in [2.75, 3.05) is 6.54 Å². The van der Waals surface area contributed by atoms with E-state index in [0.717, 1.165) is 10.6 Å². The zero-order chi connectivity index (χ0) is 13.0. The minimum Gasteiger partial charge on any atom is -0.387 e. The lowest BCUT2D eigenvalue weighted by molar-refractivity contribution is 0.174. The van der Waals surface area contributed by atoms with Crippen molar-refractivity contribution in [2.24, 2.45) is 0 Å². The number of nitrogens with zero attached hydrogens (tertiary/aromatic N) is 1. The summed E-state index contributed by atoms with van der Waals surface area (Å²) in [5, 5.41) is 14.9. The SMILES string of the molecule is Cc1ncc(CNCC(O)c2ccccc2Cl)s1. The molecule has 0 fully saturated rings. The summed E-state index contributed by atoms with van der Waals surface area (Å²) in [7, 11) is 0. The van der Waals surface area contributed by atoms with Crippen LogP contribution in [0, 0.1) is 6.92 Å². The van der Waals surface area contributed by atoms with Crippen LogP contribution in [0.4, 0.5) is 0 Å². The van der Waals surface area contributed by atoms with E-state index in [0.29, 0.717) is 18.1 Å². The Bertz CT molecular complexity index is 515. The van der Waals surface area contributed by atoms with Gasteiger partial charge in [0, 0.05) is 34.7 Å². The molecule has 2 aromatic rings. The maximum atomic E-state index is 10.0. The van der Waals surface area contributed by atoms with Crippen molar-refractivity contribution in [3.05, 3.63) is 50.9 Å². The van der Waals surface area contributed by atoms with Gasteiger partial charge in [0.25, 0.3) is 0 Å². The van der Waals surface area contributed by atoms with Crippen LogP contribution in [0.15, 0.2) is 30.5 Å². The second-order valence-electron chi connectivity index (χ2n) is 4.01. The molecule has 1 unspecified atom stereocenters. The maximum Gasteiger partial charge on any atom is 0.0928 e. The Balaban J connectivity index is 1.85. The summed E-state index contributed by atoms with van der Waals surface area (Å²) >= 11 is 7.68. The van der Waals surface area contributed by atoms with Crippen molar-refractivity contribution < 1.29 is 5.11 Å². The van der Waals surface area contributed by atoms with Crippen molar-refractivity contribution in [3.8, 4) is 0 Å². The number of benzene rings is 1. The fourth-order valence-electron chi connectivity index (χ4n) is 1.67. The Morgan fingerprint density at radius 2 is 2.22 bits per heavy atom. The minimum atomic E-state index is -0.590. The van der Waals surface area contributed by atoms with Gasteiger partial charge in [-0.3, -0.25) is 0 Å². The second kappa shape index (κ2) is 6.29. The average molecular weight is 283 g/mol. The lowest BCUT2D eigenvalue weighted by Crippen LogP contribution is -2.20.